The second kappa shape index (κ2) is 8.57. The van der Waals surface area contributed by atoms with Crippen molar-refractivity contribution < 1.29 is 0 Å². The van der Waals surface area contributed by atoms with E-state index in [9.17, 15) is 0 Å². The van der Waals surface area contributed by atoms with E-state index in [1.807, 2.05) is 0 Å². The smallest absolute Gasteiger partial charge is 0.0596 e. The summed E-state index contributed by atoms with van der Waals surface area (Å²) in [4.78, 5) is 0. The Kier molecular flexibility index (Phi) is 6.75. The second-order valence-electron chi connectivity index (χ2n) is 6.68. The molecule has 3 heteroatoms. The number of hydrogen-bond donors (Lipinski definition) is 1. The Balaban J connectivity index is 1.90. The first kappa shape index (κ1) is 16.5. The molecule has 2 rings (SSSR count). The highest BCUT2D eigenvalue weighted by atomic mass is 15.3. The maximum absolute atomic E-state index is 4.59. The van der Waals surface area contributed by atoms with Gasteiger partial charge in [0.2, 0.25) is 0 Å². The van der Waals surface area contributed by atoms with Crippen molar-refractivity contribution in [3.05, 3.63) is 17.5 Å². The van der Waals surface area contributed by atoms with Crippen molar-refractivity contribution in [3.8, 4) is 0 Å². The van der Waals surface area contributed by atoms with Crippen LogP contribution in [0.2, 0.25) is 0 Å². The average molecular weight is 291 g/mol. The summed E-state index contributed by atoms with van der Waals surface area (Å²) in [5.74, 6) is 0.994. The van der Waals surface area contributed by atoms with Crippen LogP contribution in [-0.4, -0.2) is 22.4 Å². The van der Waals surface area contributed by atoms with E-state index in [-0.39, 0.29) is 0 Å². The van der Waals surface area contributed by atoms with E-state index < -0.39 is 0 Å². The zero-order valence-corrected chi connectivity index (χ0v) is 14.2. The van der Waals surface area contributed by atoms with Crippen molar-refractivity contribution in [2.45, 2.75) is 84.7 Å². The van der Waals surface area contributed by atoms with Crippen molar-refractivity contribution >= 4 is 0 Å². The lowest BCUT2D eigenvalue weighted by molar-refractivity contribution is 0.396. The Labute approximate surface area is 130 Å². The topological polar surface area (TPSA) is 29.9 Å². The zero-order chi connectivity index (χ0) is 15.1. The summed E-state index contributed by atoms with van der Waals surface area (Å²) in [7, 11) is 0. The quantitative estimate of drug-likeness (QED) is 0.742. The first-order valence-corrected chi connectivity index (χ1v) is 8.99. The monoisotopic (exact) mass is 291 g/mol. The molecule has 0 aliphatic heterocycles. The molecule has 3 nitrogen and oxygen atoms in total. The standard InChI is InChI=1S/C18H33N3/c1-4-12-19-17(11-10-16-8-6-7-9-16)14-18-13-15(3)20-21(18)5-2/h13,16-17,19H,4-12,14H2,1-3H3. The summed E-state index contributed by atoms with van der Waals surface area (Å²) in [6, 6.07) is 2.88. The second-order valence-corrected chi connectivity index (χ2v) is 6.68. The summed E-state index contributed by atoms with van der Waals surface area (Å²) >= 11 is 0. The van der Waals surface area contributed by atoms with Gasteiger partial charge in [0.1, 0.15) is 0 Å². The predicted octanol–water partition coefficient (Wildman–Crippen LogP) is 4.09. The number of aryl methyl sites for hydroxylation is 2. The number of nitrogens with zero attached hydrogens (tertiary/aromatic N) is 2. The predicted molar refractivity (Wildman–Crippen MR) is 89.6 cm³/mol. The highest BCUT2D eigenvalue weighted by Crippen LogP contribution is 2.29. The van der Waals surface area contributed by atoms with Gasteiger partial charge in [0, 0.05) is 24.7 Å². The van der Waals surface area contributed by atoms with Gasteiger partial charge in [0.25, 0.3) is 0 Å². The molecule has 1 unspecified atom stereocenters. The SMILES string of the molecule is CCCNC(CCC1CCCC1)Cc1cc(C)nn1CC. The number of rotatable bonds is 9. The first-order chi connectivity index (χ1) is 10.2. The minimum absolute atomic E-state index is 0.618. The van der Waals surface area contributed by atoms with Gasteiger partial charge in [-0.2, -0.15) is 5.10 Å². The highest BCUT2D eigenvalue weighted by molar-refractivity contribution is 5.10. The van der Waals surface area contributed by atoms with Gasteiger partial charge in [-0.1, -0.05) is 32.6 Å². The fourth-order valence-corrected chi connectivity index (χ4v) is 3.65. The maximum Gasteiger partial charge on any atom is 0.0596 e. The van der Waals surface area contributed by atoms with Crippen molar-refractivity contribution in [1.29, 1.82) is 0 Å². The molecule has 0 spiro atoms. The van der Waals surface area contributed by atoms with Crippen LogP contribution in [0.1, 0.15) is 70.2 Å². The molecule has 0 amide bonds. The van der Waals surface area contributed by atoms with Crippen LogP contribution in [0, 0.1) is 12.8 Å². The van der Waals surface area contributed by atoms with Gasteiger partial charge in [-0.15, -0.1) is 0 Å². The van der Waals surface area contributed by atoms with E-state index in [0.29, 0.717) is 6.04 Å². The number of nitrogens with one attached hydrogen (secondary N) is 1. The molecule has 0 aromatic carbocycles. The van der Waals surface area contributed by atoms with E-state index in [0.717, 1.165) is 31.1 Å². The summed E-state index contributed by atoms with van der Waals surface area (Å²) in [5.41, 5.74) is 2.55. The number of aromatic nitrogens is 2. The summed E-state index contributed by atoms with van der Waals surface area (Å²) < 4.78 is 2.17. The zero-order valence-electron chi connectivity index (χ0n) is 14.2. The summed E-state index contributed by atoms with van der Waals surface area (Å²) in [6.07, 6.45) is 10.9. The molecule has 0 radical (unpaired) electrons. The van der Waals surface area contributed by atoms with Crippen LogP contribution in [0.15, 0.2) is 6.07 Å². The van der Waals surface area contributed by atoms with E-state index in [1.54, 1.807) is 0 Å². The molecule has 1 N–H and O–H groups in total. The molecule has 1 fully saturated rings. The van der Waals surface area contributed by atoms with Gasteiger partial charge in [-0.05, 0) is 51.6 Å². The van der Waals surface area contributed by atoms with E-state index in [2.05, 4.69) is 41.9 Å². The van der Waals surface area contributed by atoms with Crippen molar-refractivity contribution in [1.82, 2.24) is 15.1 Å². The van der Waals surface area contributed by atoms with Crippen LogP contribution >= 0.6 is 0 Å². The lowest BCUT2D eigenvalue weighted by atomic mass is 9.96. The molecule has 1 saturated carbocycles. The van der Waals surface area contributed by atoms with Crippen LogP contribution < -0.4 is 5.32 Å². The molecular formula is C18H33N3. The van der Waals surface area contributed by atoms with Gasteiger partial charge < -0.3 is 5.32 Å². The molecule has 1 heterocycles. The minimum Gasteiger partial charge on any atom is -0.314 e. The van der Waals surface area contributed by atoms with Gasteiger partial charge in [0.05, 0.1) is 5.69 Å². The molecule has 21 heavy (non-hydrogen) atoms. The van der Waals surface area contributed by atoms with Crippen LogP contribution in [0.5, 0.6) is 0 Å². The van der Waals surface area contributed by atoms with Crippen LogP contribution in [0.4, 0.5) is 0 Å². The third kappa shape index (κ3) is 5.14. The van der Waals surface area contributed by atoms with Crippen LogP contribution in [-0.2, 0) is 13.0 Å². The molecule has 120 valence electrons. The lowest BCUT2D eigenvalue weighted by Gasteiger charge is -2.20. The molecule has 0 saturated heterocycles. The maximum atomic E-state index is 4.59. The molecule has 1 aliphatic carbocycles. The van der Waals surface area contributed by atoms with Gasteiger partial charge >= 0.3 is 0 Å². The molecule has 0 bridgehead atoms. The van der Waals surface area contributed by atoms with Crippen LogP contribution in [0.3, 0.4) is 0 Å². The van der Waals surface area contributed by atoms with Gasteiger partial charge in [0.15, 0.2) is 0 Å². The van der Waals surface area contributed by atoms with E-state index in [4.69, 9.17) is 0 Å². The molecule has 1 aromatic rings. The fraction of sp³-hybridized carbons (Fsp3) is 0.833. The van der Waals surface area contributed by atoms with Gasteiger partial charge in [-0.25, -0.2) is 0 Å². The molecule has 1 aliphatic rings. The van der Waals surface area contributed by atoms with E-state index in [1.165, 1.54) is 50.6 Å². The Morgan fingerprint density at radius 1 is 1.33 bits per heavy atom. The summed E-state index contributed by atoms with van der Waals surface area (Å²) in [6.45, 7) is 8.65. The Hall–Kier alpha value is -0.830. The third-order valence-corrected chi connectivity index (χ3v) is 4.82. The van der Waals surface area contributed by atoms with E-state index >= 15 is 0 Å². The Bertz CT molecular complexity index is 405. The lowest BCUT2D eigenvalue weighted by Crippen LogP contribution is -2.33. The van der Waals surface area contributed by atoms with Gasteiger partial charge in [-0.3, -0.25) is 4.68 Å². The largest absolute Gasteiger partial charge is 0.314 e. The Morgan fingerprint density at radius 2 is 2.10 bits per heavy atom. The van der Waals surface area contributed by atoms with Crippen molar-refractivity contribution in [2.24, 2.45) is 5.92 Å². The summed E-state index contributed by atoms with van der Waals surface area (Å²) in [5, 5.41) is 8.35. The van der Waals surface area contributed by atoms with Crippen LogP contribution in [0.25, 0.3) is 0 Å². The molecular weight excluding hydrogens is 258 g/mol. The third-order valence-electron chi connectivity index (χ3n) is 4.82. The van der Waals surface area contributed by atoms with Crippen molar-refractivity contribution in [3.63, 3.8) is 0 Å². The molecule has 1 atom stereocenters. The molecule has 1 aromatic heterocycles. The average Bonchev–Trinajstić information content (AvgIpc) is 3.11. The minimum atomic E-state index is 0.618. The normalized spacial score (nSPS) is 17.5. The Morgan fingerprint density at radius 3 is 2.76 bits per heavy atom. The first-order valence-electron chi connectivity index (χ1n) is 8.99. The number of hydrogen-bond acceptors (Lipinski definition) is 2. The van der Waals surface area contributed by atoms with Crippen molar-refractivity contribution in [2.75, 3.05) is 6.54 Å². The fourth-order valence-electron chi connectivity index (χ4n) is 3.65. The highest BCUT2D eigenvalue weighted by Gasteiger charge is 2.18.